The number of likely N-dealkylation sites (N-methyl/N-ethyl adjacent to an activating group) is 1. The predicted octanol–water partition coefficient (Wildman–Crippen LogP) is 4.72. The van der Waals surface area contributed by atoms with Gasteiger partial charge in [0.25, 0.3) is 5.91 Å². The number of allylic oxidation sites excluding steroid dienone is 2. The Balaban J connectivity index is 1.90. The minimum absolute atomic E-state index is 0.223. The van der Waals surface area contributed by atoms with Gasteiger partial charge in [-0.15, -0.1) is 0 Å². The lowest BCUT2D eigenvalue weighted by Crippen LogP contribution is -2.36. The van der Waals surface area contributed by atoms with Crippen molar-refractivity contribution in [3.05, 3.63) is 144 Å². The molecule has 41 heavy (non-hydrogen) atoms. The highest BCUT2D eigenvalue weighted by Gasteiger charge is 2.48. The van der Waals surface area contributed by atoms with Gasteiger partial charge in [0.2, 0.25) is 5.78 Å². The summed E-state index contributed by atoms with van der Waals surface area (Å²) in [4.78, 5) is 43.5. The van der Waals surface area contributed by atoms with Gasteiger partial charge in [-0.25, -0.2) is 4.79 Å². The lowest BCUT2D eigenvalue weighted by molar-refractivity contribution is -0.134. The Labute approximate surface area is 239 Å². The van der Waals surface area contributed by atoms with Crippen molar-refractivity contribution in [3.63, 3.8) is 0 Å². The zero-order valence-electron chi connectivity index (χ0n) is 22.8. The largest absolute Gasteiger partial charge is 0.466 e. The average molecular weight is 558 g/mol. The number of carbonyl (C=O) groups excluding carboxylic acids is 3. The smallest absolute Gasteiger partial charge is 0.331 e. The first-order valence-corrected chi connectivity index (χ1v) is 15.3. The zero-order valence-corrected chi connectivity index (χ0v) is 23.7. The molecule has 0 N–H and O–H groups in total. The van der Waals surface area contributed by atoms with E-state index in [0.29, 0.717) is 39.8 Å². The summed E-state index contributed by atoms with van der Waals surface area (Å²) in [6.45, 7) is -0.726. The van der Waals surface area contributed by atoms with Crippen LogP contribution in [-0.4, -0.2) is 41.5 Å². The average Bonchev–Trinajstić information content (AvgIpc) is 3.33. The van der Waals surface area contributed by atoms with Crippen molar-refractivity contribution in [2.45, 2.75) is 6.92 Å². The first-order valence-electron chi connectivity index (χ1n) is 13.5. The number of benzene rings is 4. The second-order valence-corrected chi connectivity index (χ2v) is 13.1. The van der Waals surface area contributed by atoms with Crippen molar-refractivity contribution >= 4 is 51.3 Å². The van der Waals surface area contributed by atoms with Gasteiger partial charge in [0.1, 0.15) is 5.70 Å². The molecule has 0 atom stereocenters. The van der Waals surface area contributed by atoms with E-state index < -0.39 is 12.9 Å². The summed E-state index contributed by atoms with van der Waals surface area (Å²) in [5.74, 6) is -1.00. The first-order chi connectivity index (χ1) is 20.0. The van der Waals surface area contributed by atoms with Crippen LogP contribution in [-0.2, 0) is 14.3 Å². The minimum atomic E-state index is -2.90. The molecule has 0 aromatic heterocycles. The van der Waals surface area contributed by atoms with Crippen LogP contribution in [0.15, 0.2) is 133 Å². The summed E-state index contributed by atoms with van der Waals surface area (Å²) in [6, 6.07) is 37.3. The van der Waals surface area contributed by atoms with Crippen molar-refractivity contribution in [1.29, 1.82) is 0 Å². The van der Waals surface area contributed by atoms with Gasteiger partial charge in [-0.1, -0.05) is 115 Å². The fourth-order valence-corrected chi connectivity index (χ4v) is 10.5. The summed E-state index contributed by atoms with van der Waals surface area (Å²) >= 11 is 0. The molecule has 0 radical (unpaired) electrons. The summed E-state index contributed by atoms with van der Waals surface area (Å²) in [7, 11) is 1.33. The molecule has 1 aliphatic carbocycles. The Morgan fingerprint density at radius 3 is 1.66 bits per heavy atom. The highest BCUT2D eigenvalue weighted by Crippen LogP contribution is 2.53. The number of amides is 1. The highest BCUT2D eigenvalue weighted by atomic mass is 31.2. The maximum atomic E-state index is 14.8. The first kappa shape index (κ1) is 26.5. The van der Waals surface area contributed by atoms with Crippen LogP contribution < -0.4 is 15.9 Å². The topological polar surface area (TPSA) is 63.7 Å². The number of hydrogen-bond donors (Lipinski definition) is 0. The maximum absolute atomic E-state index is 14.8. The molecule has 1 aliphatic heterocycles. The molecule has 6 rings (SSSR count). The molecule has 0 fully saturated rings. The van der Waals surface area contributed by atoms with E-state index in [-0.39, 0.29) is 11.7 Å². The second-order valence-electron chi connectivity index (χ2n) is 9.75. The number of esters is 1. The molecule has 0 saturated heterocycles. The SMILES string of the molecule is CCN1C(=O)C(=P(c2ccccc2)(c2ccccc2)c2ccccc2)C2=C1C(=O)c1ccccc1/C2=C\C(=O)OC. The number of nitrogens with zero attached hydrogens (tertiary/aromatic N) is 1. The van der Waals surface area contributed by atoms with Crippen LogP contribution >= 0.6 is 6.89 Å². The third kappa shape index (κ3) is 4.04. The van der Waals surface area contributed by atoms with Gasteiger partial charge >= 0.3 is 5.97 Å². The van der Waals surface area contributed by atoms with Gasteiger partial charge in [-0.2, -0.15) is 0 Å². The molecule has 1 amide bonds. The van der Waals surface area contributed by atoms with E-state index in [1.807, 2.05) is 73.7 Å². The molecule has 0 bridgehead atoms. The third-order valence-corrected chi connectivity index (χ3v) is 12.0. The van der Waals surface area contributed by atoms with E-state index in [1.54, 1.807) is 17.0 Å². The van der Waals surface area contributed by atoms with Crippen LogP contribution in [0.25, 0.3) is 5.57 Å². The van der Waals surface area contributed by atoms with E-state index in [4.69, 9.17) is 4.74 Å². The Bertz CT molecular complexity index is 1700. The molecule has 5 nitrogen and oxygen atoms in total. The van der Waals surface area contributed by atoms with Crippen molar-refractivity contribution in [3.8, 4) is 0 Å². The van der Waals surface area contributed by atoms with E-state index in [0.717, 1.165) is 15.9 Å². The van der Waals surface area contributed by atoms with Gasteiger partial charge in [-0.05, 0) is 40.9 Å². The molecule has 4 aromatic rings. The van der Waals surface area contributed by atoms with Crippen LogP contribution in [0.4, 0.5) is 0 Å². The van der Waals surface area contributed by atoms with Gasteiger partial charge in [0.15, 0.2) is 0 Å². The minimum Gasteiger partial charge on any atom is -0.466 e. The zero-order chi connectivity index (χ0) is 28.6. The standard InChI is InChI=1S/C35H28NO4P/c1-3-36-32-31(29(23-30(37)40-2)27-21-13-14-22-28(27)33(32)38)34(35(36)39)41(24-15-7-4-8-16-24,25-17-9-5-10-18-25)26-19-11-6-12-20-26/h4-23H,3H2,1-2H3/b29-23+. The number of hydrogen-bond acceptors (Lipinski definition) is 4. The van der Waals surface area contributed by atoms with Crippen LogP contribution in [0, 0.1) is 0 Å². The molecular weight excluding hydrogens is 529 g/mol. The van der Waals surface area contributed by atoms with Crippen molar-refractivity contribution in [1.82, 2.24) is 4.90 Å². The van der Waals surface area contributed by atoms with Crippen LogP contribution in [0.2, 0.25) is 0 Å². The molecule has 0 unspecified atom stereocenters. The molecule has 2 aliphatic rings. The fraction of sp³-hybridized carbons (Fsp3) is 0.0857. The number of fused-ring (bicyclic) bond motifs is 1. The Kier molecular flexibility index (Phi) is 6.90. The lowest BCUT2D eigenvalue weighted by Gasteiger charge is -2.32. The highest BCUT2D eigenvalue weighted by molar-refractivity contribution is 7.97. The molecule has 1 heterocycles. The Hall–Kier alpha value is -4.73. The number of Topliss-reactive ketones (excluding diaryl/α,β-unsaturated/α-hetero) is 1. The van der Waals surface area contributed by atoms with Crippen molar-refractivity contribution in [2.75, 3.05) is 13.7 Å². The summed E-state index contributed by atoms with van der Waals surface area (Å²) in [6.07, 6.45) is 1.42. The van der Waals surface area contributed by atoms with Gasteiger partial charge in [0.05, 0.1) is 12.4 Å². The molecule has 0 spiro atoms. The van der Waals surface area contributed by atoms with Crippen LogP contribution in [0.5, 0.6) is 0 Å². The predicted molar refractivity (Wildman–Crippen MR) is 165 cm³/mol. The molecule has 0 saturated carbocycles. The molecular formula is C35H28NO4P. The summed E-state index contributed by atoms with van der Waals surface area (Å²) < 4.78 is 5.08. The molecule has 6 heteroatoms. The van der Waals surface area contributed by atoms with E-state index >= 15 is 0 Å². The third-order valence-electron chi connectivity index (χ3n) is 7.68. The Morgan fingerprint density at radius 1 is 0.732 bits per heavy atom. The molecule has 4 aromatic carbocycles. The number of ether oxygens (including phenoxy) is 1. The molecule has 202 valence electrons. The van der Waals surface area contributed by atoms with E-state index in [9.17, 15) is 14.4 Å². The number of ketones is 1. The number of rotatable bonds is 5. The second kappa shape index (κ2) is 10.7. The summed E-state index contributed by atoms with van der Waals surface area (Å²) in [5, 5.41) is 3.48. The van der Waals surface area contributed by atoms with Crippen LogP contribution in [0.1, 0.15) is 22.8 Å². The number of methoxy groups -OCH3 is 1. The van der Waals surface area contributed by atoms with Gasteiger partial charge in [-0.3, -0.25) is 9.59 Å². The normalized spacial score (nSPS) is 15.7. The van der Waals surface area contributed by atoms with Gasteiger partial charge in [0, 0.05) is 23.8 Å². The maximum Gasteiger partial charge on any atom is 0.331 e. The monoisotopic (exact) mass is 557 g/mol. The van der Waals surface area contributed by atoms with Crippen LogP contribution in [0.3, 0.4) is 0 Å². The van der Waals surface area contributed by atoms with E-state index in [2.05, 4.69) is 36.4 Å². The number of carbonyl (C=O) groups is 3. The van der Waals surface area contributed by atoms with Crippen molar-refractivity contribution < 1.29 is 19.1 Å². The lowest BCUT2D eigenvalue weighted by atomic mass is 9.83. The van der Waals surface area contributed by atoms with Crippen molar-refractivity contribution in [2.24, 2.45) is 0 Å². The summed E-state index contributed by atoms with van der Waals surface area (Å²) in [5.41, 5.74) is 2.41. The van der Waals surface area contributed by atoms with E-state index in [1.165, 1.54) is 13.2 Å². The Morgan fingerprint density at radius 2 is 1.20 bits per heavy atom. The quantitative estimate of drug-likeness (QED) is 0.202. The van der Waals surface area contributed by atoms with Gasteiger partial charge < -0.3 is 9.64 Å². The fourth-order valence-electron chi connectivity index (χ4n) is 5.98.